The van der Waals surface area contributed by atoms with Gasteiger partial charge in [0.15, 0.2) is 0 Å². The van der Waals surface area contributed by atoms with E-state index in [1.54, 1.807) is 0 Å². The first-order valence-corrected chi connectivity index (χ1v) is 19.8. The number of nitrogens with zero attached hydrogens (tertiary/aromatic N) is 1. The molecular formula is C56H37NO. The molecule has 0 aliphatic carbocycles. The molecule has 11 aromatic rings. The second kappa shape index (κ2) is 14.1. The van der Waals surface area contributed by atoms with Gasteiger partial charge in [-0.3, -0.25) is 0 Å². The predicted molar refractivity (Wildman–Crippen MR) is 245 cm³/mol. The van der Waals surface area contributed by atoms with Crippen LogP contribution in [-0.4, -0.2) is 0 Å². The van der Waals surface area contributed by atoms with Crippen LogP contribution in [0.1, 0.15) is 0 Å². The van der Waals surface area contributed by atoms with E-state index < -0.39 is 0 Å². The lowest BCUT2D eigenvalue weighted by molar-refractivity contribution is 0.673. The van der Waals surface area contributed by atoms with E-state index in [4.69, 9.17) is 4.42 Å². The zero-order valence-electron chi connectivity index (χ0n) is 31.7. The number of rotatable bonds is 7. The standard InChI is InChI=1S/C56H37NO/c1-2-14-40(15-3-1)49-24-8-9-28-53(49)57(45-33-30-38(31-34-45)42-19-10-20-43(36-42)48-26-12-18-39-16-4-6-23-47(39)48)46-22-11-21-44(37-46)50-27-13-29-54-55(50)52-35-32-41-17-5-7-25-51(41)56(52)58-54/h1-37H. The van der Waals surface area contributed by atoms with Crippen LogP contribution < -0.4 is 4.90 Å². The second-order valence-electron chi connectivity index (χ2n) is 14.9. The largest absolute Gasteiger partial charge is 0.455 e. The van der Waals surface area contributed by atoms with Gasteiger partial charge in [-0.05, 0) is 104 Å². The van der Waals surface area contributed by atoms with Gasteiger partial charge in [0.2, 0.25) is 0 Å². The van der Waals surface area contributed by atoms with Gasteiger partial charge in [-0.15, -0.1) is 0 Å². The summed E-state index contributed by atoms with van der Waals surface area (Å²) in [7, 11) is 0. The molecule has 2 nitrogen and oxygen atoms in total. The molecule has 1 heterocycles. The molecule has 0 unspecified atom stereocenters. The Morgan fingerprint density at radius 1 is 0.310 bits per heavy atom. The molecule has 272 valence electrons. The van der Waals surface area contributed by atoms with Gasteiger partial charge in [0.05, 0.1) is 5.69 Å². The van der Waals surface area contributed by atoms with Crippen molar-refractivity contribution in [2.24, 2.45) is 0 Å². The summed E-state index contributed by atoms with van der Waals surface area (Å²) in [6.45, 7) is 0. The van der Waals surface area contributed by atoms with Gasteiger partial charge in [0.1, 0.15) is 11.2 Å². The highest BCUT2D eigenvalue weighted by Crippen LogP contribution is 2.44. The summed E-state index contributed by atoms with van der Waals surface area (Å²) in [6.07, 6.45) is 0. The van der Waals surface area contributed by atoms with E-state index in [1.165, 1.54) is 44.0 Å². The third-order valence-corrected chi connectivity index (χ3v) is 11.5. The van der Waals surface area contributed by atoms with Crippen molar-refractivity contribution in [1.82, 2.24) is 0 Å². The third-order valence-electron chi connectivity index (χ3n) is 11.5. The smallest absolute Gasteiger partial charge is 0.143 e. The highest BCUT2D eigenvalue weighted by atomic mass is 16.3. The Kier molecular flexibility index (Phi) is 8.19. The van der Waals surface area contributed by atoms with Crippen molar-refractivity contribution in [1.29, 1.82) is 0 Å². The van der Waals surface area contributed by atoms with E-state index >= 15 is 0 Å². The van der Waals surface area contributed by atoms with Crippen LogP contribution in [0.2, 0.25) is 0 Å². The third kappa shape index (κ3) is 5.82. The van der Waals surface area contributed by atoms with Gasteiger partial charge in [0, 0.05) is 33.1 Å². The second-order valence-corrected chi connectivity index (χ2v) is 14.9. The molecule has 10 aromatic carbocycles. The van der Waals surface area contributed by atoms with Crippen molar-refractivity contribution in [3.05, 3.63) is 224 Å². The number of furan rings is 1. The average molecular weight is 740 g/mol. The molecule has 0 saturated carbocycles. The first-order valence-electron chi connectivity index (χ1n) is 19.8. The van der Waals surface area contributed by atoms with Gasteiger partial charge >= 0.3 is 0 Å². The molecule has 0 aliphatic rings. The molecule has 2 heteroatoms. The minimum Gasteiger partial charge on any atom is -0.455 e. The summed E-state index contributed by atoms with van der Waals surface area (Å²) >= 11 is 0. The zero-order chi connectivity index (χ0) is 38.4. The van der Waals surface area contributed by atoms with Gasteiger partial charge in [-0.1, -0.05) is 176 Å². The van der Waals surface area contributed by atoms with Crippen molar-refractivity contribution in [3.63, 3.8) is 0 Å². The molecule has 11 rings (SSSR count). The maximum atomic E-state index is 6.60. The fraction of sp³-hybridized carbons (Fsp3) is 0. The van der Waals surface area contributed by atoms with Crippen LogP contribution in [0.25, 0.3) is 88.0 Å². The molecule has 1 aromatic heterocycles. The first kappa shape index (κ1) is 33.6. The lowest BCUT2D eigenvalue weighted by Crippen LogP contribution is -2.11. The van der Waals surface area contributed by atoms with E-state index in [0.29, 0.717) is 0 Å². The average Bonchev–Trinajstić information content (AvgIpc) is 3.70. The van der Waals surface area contributed by atoms with Crippen LogP contribution in [0, 0.1) is 0 Å². The summed E-state index contributed by atoms with van der Waals surface area (Å²) in [5, 5.41) is 7.07. The fourth-order valence-electron chi connectivity index (χ4n) is 8.71. The lowest BCUT2D eigenvalue weighted by Gasteiger charge is -2.28. The molecule has 0 spiro atoms. The number of fused-ring (bicyclic) bond motifs is 6. The molecule has 0 radical (unpaired) electrons. The van der Waals surface area contributed by atoms with Crippen LogP contribution in [-0.2, 0) is 0 Å². The van der Waals surface area contributed by atoms with Crippen molar-refractivity contribution < 1.29 is 4.42 Å². The molecule has 0 fully saturated rings. The van der Waals surface area contributed by atoms with Crippen LogP contribution in [0.4, 0.5) is 17.1 Å². The van der Waals surface area contributed by atoms with Gasteiger partial charge in [-0.2, -0.15) is 0 Å². The maximum Gasteiger partial charge on any atom is 0.143 e. The van der Waals surface area contributed by atoms with Crippen molar-refractivity contribution >= 4 is 60.5 Å². The highest BCUT2D eigenvalue weighted by Gasteiger charge is 2.20. The molecule has 0 amide bonds. The monoisotopic (exact) mass is 739 g/mol. The van der Waals surface area contributed by atoms with Crippen LogP contribution in [0.15, 0.2) is 229 Å². The molecule has 0 bridgehead atoms. The van der Waals surface area contributed by atoms with E-state index in [1.807, 2.05) is 0 Å². The van der Waals surface area contributed by atoms with E-state index in [9.17, 15) is 0 Å². The minimum absolute atomic E-state index is 0.889. The van der Waals surface area contributed by atoms with Gasteiger partial charge in [0.25, 0.3) is 0 Å². The Hall–Kier alpha value is -7.68. The number of hydrogen-bond acceptors (Lipinski definition) is 2. The van der Waals surface area contributed by atoms with E-state index in [2.05, 4.69) is 229 Å². The summed E-state index contributed by atoms with van der Waals surface area (Å²) < 4.78 is 6.60. The number of hydrogen-bond donors (Lipinski definition) is 0. The maximum absolute atomic E-state index is 6.60. The number of anilines is 3. The number of benzene rings is 10. The number of para-hydroxylation sites is 1. The van der Waals surface area contributed by atoms with Gasteiger partial charge < -0.3 is 9.32 Å². The first-order chi connectivity index (χ1) is 28.8. The fourth-order valence-corrected chi connectivity index (χ4v) is 8.71. The van der Waals surface area contributed by atoms with Gasteiger partial charge in [-0.25, -0.2) is 0 Å². The summed E-state index contributed by atoms with van der Waals surface area (Å²) in [5.74, 6) is 0. The van der Waals surface area contributed by atoms with Crippen molar-refractivity contribution in [2.75, 3.05) is 4.90 Å². The Balaban J connectivity index is 1.04. The minimum atomic E-state index is 0.889. The predicted octanol–water partition coefficient (Wildman–Crippen LogP) is 16.0. The topological polar surface area (TPSA) is 16.4 Å². The Morgan fingerprint density at radius 2 is 0.914 bits per heavy atom. The van der Waals surface area contributed by atoms with E-state index in [0.717, 1.165) is 61.1 Å². The normalized spacial score (nSPS) is 11.4. The summed E-state index contributed by atoms with van der Waals surface area (Å²) in [5.41, 5.74) is 14.5. The summed E-state index contributed by atoms with van der Waals surface area (Å²) in [6, 6.07) is 80.6. The lowest BCUT2D eigenvalue weighted by atomic mass is 9.95. The summed E-state index contributed by atoms with van der Waals surface area (Å²) in [4.78, 5) is 2.39. The van der Waals surface area contributed by atoms with Crippen LogP contribution in [0.5, 0.6) is 0 Å². The SMILES string of the molecule is c1ccc(-c2ccccc2N(c2ccc(-c3cccc(-c4cccc5ccccc45)c3)cc2)c2cccc(-c3cccc4oc5c6ccccc6ccc5c34)c2)cc1. The molecule has 0 aliphatic heterocycles. The van der Waals surface area contributed by atoms with Crippen LogP contribution in [0.3, 0.4) is 0 Å². The van der Waals surface area contributed by atoms with Crippen LogP contribution >= 0.6 is 0 Å². The van der Waals surface area contributed by atoms with Crippen molar-refractivity contribution in [3.8, 4) is 44.5 Å². The Bertz CT molecular complexity index is 3280. The molecule has 0 N–H and O–H groups in total. The molecule has 0 saturated heterocycles. The quantitative estimate of drug-likeness (QED) is 0.162. The molecule has 58 heavy (non-hydrogen) atoms. The van der Waals surface area contributed by atoms with E-state index in [-0.39, 0.29) is 0 Å². The Morgan fingerprint density at radius 3 is 1.78 bits per heavy atom. The molecular weight excluding hydrogens is 703 g/mol. The molecule has 0 atom stereocenters. The Labute approximate surface area is 337 Å². The zero-order valence-corrected chi connectivity index (χ0v) is 31.7. The van der Waals surface area contributed by atoms with Crippen molar-refractivity contribution in [2.45, 2.75) is 0 Å². The highest BCUT2D eigenvalue weighted by molar-refractivity contribution is 6.19.